The third kappa shape index (κ3) is 8.45. The van der Waals surface area contributed by atoms with Crippen molar-refractivity contribution in [3.63, 3.8) is 0 Å². The molecule has 92 valence electrons. The molecule has 0 aliphatic carbocycles. The molecule has 0 aliphatic rings. The van der Waals surface area contributed by atoms with Gasteiger partial charge in [0.25, 0.3) is 10.1 Å². The maximum Gasteiger partial charge on any atom is 0.268 e. The van der Waals surface area contributed by atoms with Gasteiger partial charge in [0.2, 0.25) is 0 Å². The molecular formula is C11H18O4S. The minimum absolute atomic E-state index is 0.0327. The molecule has 0 atom stereocenters. The monoisotopic (exact) mass is 246 g/mol. The highest BCUT2D eigenvalue weighted by Gasteiger charge is 2.09. The van der Waals surface area contributed by atoms with E-state index in [1.165, 1.54) is 0 Å². The summed E-state index contributed by atoms with van der Waals surface area (Å²) in [5.74, 6) is 2.28. The smallest absolute Gasteiger partial charge is 0.268 e. The first-order chi connectivity index (χ1) is 7.52. The Balaban J connectivity index is 3.59. The molecule has 0 N–H and O–H groups in total. The lowest BCUT2D eigenvalue weighted by Gasteiger charge is -2.02. The summed E-state index contributed by atoms with van der Waals surface area (Å²) in [4.78, 5) is 10.9. The largest absolute Gasteiger partial charge is 0.300 e. The van der Waals surface area contributed by atoms with Crippen LogP contribution in [0.25, 0.3) is 0 Å². The number of hydrogen-bond acceptors (Lipinski definition) is 4. The van der Waals surface area contributed by atoms with E-state index >= 15 is 0 Å². The summed E-state index contributed by atoms with van der Waals surface area (Å²) >= 11 is 0. The van der Waals surface area contributed by atoms with E-state index in [-0.39, 0.29) is 18.1 Å². The normalized spacial score (nSPS) is 11.0. The second-order valence-electron chi connectivity index (χ2n) is 3.43. The Hall–Kier alpha value is -0.860. The minimum atomic E-state index is -3.48. The van der Waals surface area contributed by atoms with Gasteiger partial charge in [-0.2, -0.15) is 8.42 Å². The van der Waals surface area contributed by atoms with Crippen LogP contribution in [0.5, 0.6) is 0 Å². The Morgan fingerprint density at radius 3 is 2.56 bits per heavy atom. The van der Waals surface area contributed by atoms with E-state index in [2.05, 4.69) is 10.1 Å². The topological polar surface area (TPSA) is 60.4 Å². The number of Topliss-reactive ketones (excluding diaryl/α,β-unsaturated/α-hetero) is 1. The zero-order valence-corrected chi connectivity index (χ0v) is 10.4. The fraction of sp³-hybridized carbons (Fsp3) is 0.727. The SMILES string of the molecule is C#CCOS(=O)(=O)CCCCCC(=O)CC. The Bertz CT molecular complexity index is 337. The van der Waals surface area contributed by atoms with Gasteiger partial charge in [-0.15, -0.1) is 6.42 Å². The molecule has 0 spiro atoms. The summed E-state index contributed by atoms with van der Waals surface area (Å²) in [6.07, 6.45) is 7.91. The quantitative estimate of drug-likeness (QED) is 0.351. The van der Waals surface area contributed by atoms with Gasteiger partial charge in [-0.05, 0) is 12.8 Å². The van der Waals surface area contributed by atoms with Gasteiger partial charge in [-0.25, -0.2) is 0 Å². The summed E-state index contributed by atoms with van der Waals surface area (Å²) in [5, 5.41) is 0. The third-order valence-corrected chi connectivity index (χ3v) is 3.33. The van der Waals surface area contributed by atoms with Crippen LogP contribution >= 0.6 is 0 Å². The highest BCUT2D eigenvalue weighted by molar-refractivity contribution is 7.86. The van der Waals surface area contributed by atoms with E-state index < -0.39 is 10.1 Å². The molecule has 4 nitrogen and oxygen atoms in total. The van der Waals surface area contributed by atoms with Crippen molar-refractivity contribution in [3.8, 4) is 12.3 Å². The van der Waals surface area contributed by atoms with Gasteiger partial charge in [-0.3, -0.25) is 8.98 Å². The first-order valence-corrected chi connectivity index (χ1v) is 6.92. The molecule has 0 fully saturated rings. The summed E-state index contributed by atoms with van der Waals surface area (Å²) < 4.78 is 26.8. The second kappa shape index (κ2) is 8.31. The van der Waals surface area contributed by atoms with Crippen molar-refractivity contribution in [1.82, 2.24) is 0 Å². The van der Waals surface area contributed by atoms with Crippen LogP contribution in [0.15, 0.2) is 0 Å². The lowest BCUT2D eigenvalue weighted by molar-refractivity contribution is -0.118. The van der Waals surface area contributed by atoms with Gasteiger partial charge >= 0.3 is 0 Å². The molecule has 0 rings (SSSR count). The van der Waals surface area contributed by atoms with E-state index in [9.17, 15) is 13.2 Å². The van der Waals surface area contributed by atoms with E-state index in [0.29, 0.717) is 25.7 Å². The molecule has 0 saturated carbocycles. The fourth-order valence-electron chi connectivity index (χ4n) is 1.14. The number of hydrogen-bond donors (Lipinski definition) is 0. The van der Waals surface area contributed by atoms with Gasteiger partial charge in [-0.1, -0.05) is 19.3 Å². The van der Waals surface area contributed by atoms with Crippen molar-refractivity contribution in [1.29, 1.82) is 0 Å². The maximum atomic E-state index is 11.2. The molecule has 0 aromatic carbocycles. The molecule has 0 aliphatic heterocycles. The predicted octanol–water partition coefficient (Wildman–Crippen LogP) is 1.51. The van der Waals surface area contributed by atoms with Crippen molar-refractivity contribution in [2.24, 2.45) is 0 Å². The number of carbonyl (C=O) groups excluding carboxylic acids is 1. The zero-order valence-electron chi connectivity index (χ0n) is 9.57. The van der Waals surface area contributed by atoms with Gasteiger partial charge in [0.05, 0.1) is 5.75 Å². The Morgan fingerprint density at radius 2 is 2.00 bits per heavy atom. The van der Waals surface area contributed by atoms with Crippen molar-refractivity contribution in [3.05, 3.63) is 0 Å². The van der Waals surface area contributed by atoms with Gasteiger partial charge in [0, 0.05) is 12.8 Å². The molecule has 0 aromatic heterocycles. The average molecular weight is 246 g/mol. The van der Waals surface area contributed by atoms with Crippen LogP contribution in [-0.4, -0.2) is 26.6 Å². The van der Waals surface area contributed by atoms with Crippen LogP contribution < -0.4 is 0 Å². The highest BCUT2D eigenvalue weighted by atomic mass is 32.2. The number of unbranched alkanes of at least 4 members (excludes halogenated alkanes) is 2. The highest BCUT2D eigenvalue weighted by Crippen LogP contribution is 2.05. The minimum Gasteiger partial charge on any atom is -0.300 e. The zero-order chi connectivity index (χ0) is 12.4. The maximum absolute atomic E-state index is 11.2. The number of terminal acetylenes is 1. The second-order valence-corrected chi connectivity index (χ2v) is 5.19. The number of carbonyl (C=O) groups is 1. The lowest BCUT2D eigenvalue weighted by atomic mass is 10.1. The summed E-state index contributed by atoms with van der Waals surface area (Å²) in [6, 6.07) is 0. The third-order valence-electron chi connectivity index (χ3n) is 2.07. The molecule has 16 heavy (non-hydrogen) atoms. The molecule has 0 unspecified atom stereocenters. The van der Waals surface area contributed by atoms with Gasteiger partial charge < -0.3 is 0 Å². The Kier molecular flexibility index (Phi) is 7.86. The molecule has 0 bridgehead atoms. The average Bonchev–Trinajstić information content (AvgIpc) is 2.25. The van der Waals surface area contributed by atoms with E-state index in [0.717, 1.165) is 6.42 Å². The fourth-order valence-corrected chi connectivity index (χ4v) is 2.06. The molecule has 0 heterocycles. The van der Waals surface area contributed by atoms with Crippen molar-refractivity contribution in [2.45, 2.75) is 39.0 Å². The lowest BCUT2D eigenvalue weighted by Crippen LogP contribution is -2.10. The van der Waals surface area contributed by atoms with Gasteiger partial charge in [0.15, 0.2) is 0 Å². The van der Waals surface area contributed by atoms with Crippen LogP contribution in [0.2, 0.25) is 0 Å². The van der Waals surface area contributed by atoms with Crippen molar-refractivity contribution < 1.29 is 17.4 Å². The van der Waals surface area contributed by atoms with Crippen LogP contribution in [-0.2, 0) is 19.1 Å². The molecular weight excluding hydrogens is 228 g/mol. The standard InChI is InChI=1S/C11H18O4S/c1-3-9-15-16(13,14)10-7-5-6-8-11(12)4-2/h1H,4-10H2,2H3. The molecule has 0 aromatic rings. The predicted molar refractivity (Wildman–Crippen MR) is 62.3 cm³/mol. The van der Waals surface area contributed by atoms with Crippen LogP contribution in [0.4, 0.5) is 0 Å². The summed E-state index contributed by atoms with van der Waals surface area (Å²) in [6.45, 7) is 1.61. The van der Waals surface area contributed by atoms with E-state index in [1.807, 2.05) is 6.92 Å². The summed E-state index contributed by atoms with van der Waals surface area (Å²) in [7, 11) is -3.48. The van der Waals surface area contributed by atoms with Crippen LogP contribution in [0, 0.1) is 12.3 Å². The Labute approximate surface area is 97.5 Å². The van der Waals surface area contributed by atoms with Crippen molar-refractivity contribution in [2.75, 3.05) is 12.4 Å². The van der Waals surface area contributed by atoms with Crippen LogP contribution in [0.3, 0.4) is 0 Å². The molecule has 0 saturated heterocycles. The van der Waals surface area contributed by atoms with E-state index in [1.54, 1.807) is 0 Å². The van der Waals surface area contributed by atoms with Gasteiger partial charge in [0.1, 0.15) is 12.4 Å². The number of ketones is 1. The van der Waals surface area contributed by atoms with E-state index in [4.69, 9.17) is 6.42 Å². The number of rotatable bonds is 9. The first-order valence-electron chi connectivity index (χ1n) is 5.34. The molecule has 5 heteroatoms. The van der Waals surface area contributed by atoms with Crippen LogP contribution in [0.1, 0.15) is 39.0 Å². The van der Waals surface area contributed by atoms with Crippen molar-refractivity contribution >= 4 is 15.9 Å². The summed E-state index contributed by atoms with van der Waals surface area (Å²) in [5.41, 5.74) is 0. The Morgan fingerprint density at radius 1 is 1.31 bits per heavy atom. The molecule has 0 amide bonds. The molecule has 0 radical (unpaired) electrons. The first kappa shape index (κ1) is 15.1.